The Labute approximate surface area is 125 Å². The van der Waals surface area contributed by atoms with Gasteiger partial charge in [0.05, 0.1) is 13.3 Å². The van der Waals surface area contributed by atoms with Gasteiger partial charge in [-0.2, -0.15) is 0 Å². The van der Waals surface area contributed by atoms with Gasteiger partial charge >= 0.3 is 5.97 Å². The van der Waals surface area contributed by atoms with Crippen molar-refractivity contribution in [3.05, 3.63) is 59.7 Å². The number of benzene rings is 1. The summed E-state index contributed by atoms with van der Waals surface area (Å²) in [6, 6.07) is 6.96. The molecule has 0 aliphatic carbocycles. The number of rotatable bonds is 4. The second kappa shape index (κ2) is 6.66. The normalized spacial score (nSPS) is 11.5. The molecule has 0 fully saturated rings. The molecule has 2 N–H and O–H groups in total. The number of phenolic OH excluding ortho intramolecular Hbond substituents is 1. The number of carbonyl (C=O) groups excluding carboxylic acids is 2. The third-order valence-electron chi connectivity index (χ3n) is 2.90. The fourth-order valence-corrected chi connectivity index (χ4v) is 1.78. The lowest BCUT2D eigenvalue weighted by atomic mass is 10.1. The third-order valence-corrected chi connectivity index (χ3v) is 2.90. The van der Waals surface area contributed by atoms with Crippen LogP contribution in [-0.2, 0) is 9.53 Å². The van der Waals surface area contributed by atoms with Gasteiger partial charge in [-0.1, -0.05) is 12.1 Å². The molecule has 0 saturated heterocycles. The summed E-state index contributed by atoms with van der Waals surface area (Å²) in [4.78, 5) is 27.6. The molecule has 0 aliphatic heterocycles. The molecule has 22 heavy (non-hydrogen) atoms. The van der Waals surface area contributed by atoms with Crippen molar-refractivity contribution in [1.82, 2.24) is 10.3 Å². The number of pyridine rings is 1. The first kappa shape index (κ1) is 15.4. The number of hydrogen-bond acceptors (Lipinski definition) is 5. The number of methoxy groups -OCH3 is 1. The predicted molar refractivity (Wildman–Crippen MR) is 74.5 cm³/mol. The van der Waals surface area contributed by atoms with Gasteiger partial charge in [0.25, 0.3) is 5.91 Å². The average molecular weight is 304 g/mol. The summed E-state index contributed by atoms with van der Waals surface area (Å²) < 4.78 is 17.5. The summed E-state index contributed by atoms with van der Waals surface area (Å²) in [7, 11) is 1.19. The van der Waals surface area contributed by atoms with Crippen LogP contribution in [-0.4, -0.2) is 29.1 Å². The van der Waals surface area contributed by atoms with Gasteiger partial charge in [-0.15, -0.1) is 0 Å². The Balaban J connectivity index is 2.23. The second-order valence-corrected chi connectivity index (χ2v) is 4.38. The third kappa shape index (κ3) is 3.57. The molecular weight excluding hydrogens is 291 g/mol. The van der Waals surface area contributed by atoms with E-state index in [1.807, 2.05) is 0 Å². The van der Waals surface area contributed by atoms with E-state index in [9.17, 15) is 19.1 Å². The highest BCUT2D eigenvalue weighted by molar-refractivity contribution is 5.95. The smallest absolute Gasteiger partial charge is 0.333 e. The van der Waals surface area contributed by atoms with Crippen LogP contribution in [0.25, 0.3) is 0 Å². The molecule has 1 amide bonds. The van der Waals surface area contributed by atoms with E-state index in [-0.39, 0.29) is 11.4 Å². The van der Waals surface area contributed by atoms with E-state index in [1.165, 1.54) is 37.4 Å². The number of halogens is 1. The summed E-state index contributed by atoms with van der Waals surface area (Å²) in [5.41, 5.74) is 0.397. The lowest BCUT2D eigenvalue weighted by Gasteiger charge is -2.16. The van der Waals surface area contributed by atoms with Crippen molar-refractivity contribution >= 4 is 11.9 Å². The van der Waals surface area contributed by atoms with Crippen molar-refractivity contribution in [1.29, 1.82) is 0 Å². The number of phenols is 1. The molecule has 0 aliphatic rings. The number of esters is 1. The quantitative estimate of drug-likeness (QED) is 0.837. The first-order chi connectivity index (χ1) is 10.5. The summed E-state index contributed by atoms with van der Waals surface area (Å²) in [6.07, 6.45) is 0.905. The van der Waals surface area contributed by atoms with Crippen molar-refractivity contribution in [2.24, 2.45) is 0 Å². The maximum absolute atomic E-state index is 12.8. The van der Waals surface area contributed by atoms with Gasteiger partial charge in [0, 0.05) is 0 Å². The molecule has 2 rings (SSSR count). The molecular formula is C15H13FN2O4. The second-order valence-electron chi connectivity index (χ2n) is 4.38. The minimum absolute atomic E-state index is 0.0268. The Morgan fingerprint density at radius 1 is 1.23 bits per heavy atom. The molecule has 1 aromatic carbocycles. The molecule has 114 valence electrons. The Bertz CT molecular complexity index is 671. The fourth-order valence-electron chi connectivity index (χ4n) is 1.78. The van der Waals surface area contributed by atoms with Gasteiger partial charge in [-0.25, -0.2) is 14.2 Å². The zero-order valence-corrected chi connectivity index (χ0v) is 11.6. The largest absolute Gasteiger partial charge is 0.508 e. The molecule has 1 heterocycles. The van der Waals surface area contributed by atoms with Gasteiger partial charge in [-0.05, 0) is 29.8 Å². The fraction of sp³-hybridized carbons (Fsp3) is 0.133. The van der Waals surface area contributed by atoms with Crippen LogP contribution in [0.5, 0.6) is 5.75 Å². The summed E-state index contributed by atoms with van der Waals surface area (Å²) in [5, 5.41) is 11.7. The summed E-state index contributed by atoms with van der Waals surface area (Å²) in [5.74, 6) is -1.87. The van der Waals surface area contributed by atoms with E-state index in [0.717, 1.165) is 12.3 Å². The molecule has 0 bridgehead atoms. The van der Waals surface area contributed by atoms with E-state index in [2.05, 4.69) is 15.0 Å². The van der Waals surface area contributed by atoms with E-state index >= 15 is 0 Å². The van der Waals surface area contributed by atoms with Crippen LogP contribution in [0.15, 0.2) is 42.6 Å². The van der Waals surface area contributed by atoms with Crippen molar-refractivity contribution in [3.63, 3.8) is 0 Å². The van der Waals surface area contributed by atoms with Gasteiger partial charge in [0.2, 0.25) is 0 Å². The zero-order chi connectivity index (χ0) is 16.1. The highest BCUT2D eigenvalue weighted by atomic mass is 19.1. The number of aromatic hydroxyl groups is 1. The lowest BCUT2D eigenvalue weighted by molar-refractivity contribution is -0.143. The predicted octanol–water partition coefficient (Wildman–Crippen LogP) is 1.57. The van der Waals surface area contributed by atoms with E-state index < -0.39 is 23.7 Å². The highest BCUT2D eigenvalue weighted by Gasteiger charge is 2.24. The monoisotopic (exact) mass is 304 g/mol. The number of hydrogen-bond donors (Lipinski definition) is 2. The first-order valence-corrected chi connectivity index (χ1v) is 6.30. The van der Waals surface area contributed by atoms with Gasteiger partial charge < -0.3 is 15.2 Å². The number of aromatic nitrogens is 1. The maximum atomic E-state index is 12.8. The molecule has 7 heteroatoms. The Morgan fingerprint density at radius 3 is 2.45 bits per heavy atom. The van der Waals surface area contributed by atoms with Gasteiger partial charge in [0.15, 0.2) is 6.04 Å². The molecule has 2 aromatic rings. The van der Waals surface area contributed by atoms with Crippen LogP contribution in [0.2, 0.25) is 0 Å². The Hall–Kier alpha value is -2.96. The first-order valence-electron chi connectivity index (χ1n) is 6.30. The summed E-state index contributed by atoms with van der Waals surface area (Å²) >= 11 is 0. The van der Waals surface area contributed by atoms with Crippen LogP contribution in [0.3, 0.4) is 0 Å². The van der Waals surface area contributed by atoms with Gasteiger partial charge in [0.1, 0.15) is 17.3 Å². The summed E-state index contributed by atoms with van der Waals surface area (Å²) in [6.45, 7) is 0. The van der Waals surface area contributed by atoms with Crippen molar-refractivity contribution in [3.8, 4) is 5.75 Å². The van der Waals surface area contributed by atoms with Gasteiger partial charge in [-0.3, -0.25) is 4.79 Å². The minimum atomic E-state index is -1.06. The molecule has 1 aromatic heterocycles. The number of amides is 1. The van der Waals surface area contributed by atoms with Crippen LogP contribution in [0.4, 0.5) is 4.39 Å². The van der Waals surface area contributed by atoms with Crippen LogP contribution in [0.1, 0.15) is 22.1 Å². The van der Waals surface area contributed by atoms with E-state index in [4.69, 9.17) is 0 Å². The number of nitrogens with one attached hydrogen (secondary N) is 1. The molecule has 0 radical (unpaired) electrons. The topological polar surface area (TPSA) is 88.5 Å². The average Bonchev–Trinajstić information content (AvgIpc) is 2.53. The number of carbonyl (C=O) groups is 2. The Kier molecular flexibility index (Phi) is 4.67. The van der Waals surface area contributed by atoms with E-state index in [0.29, 0.717) is 5.56 Å². The SMILES string of the molecule is COC(=O)[C@H](NC(=O)c1ccc(F)cn1)c1ccc(O)cc1. The van der Waals surface area contributed by atoms with Crippen LogP contribution >= 0.6 is 0 Å². The maximum Gasteiger partial charge on any atom is 0.333 e. The number of nitrogens with zero attached hydrogens (tertiary/aromatic N) is 1. The van der Waals surface area contributed by atoms with Crippen molar-refractivity contribution in [2.75, 3.05) is 7.11 Å². The molecule has 0 spiro atoms. The molecule has 6 nitrogen and oxygen atoms in total. The molecule has 1 atom stereocenters. The standard InChI is InChI=1S/C15H13FN2O4/c1-22-15(21)13(9-2-5-11(19)6-3-9)18-14(20)12-7-4-10(16)8-17-12/h2-8,13,19H,1H3,(H,18,20)/t13-/m1/s1. The van der Waals surface area contributed by atoms with Crippen molar-refractivity contribution in [2.45, 2.75) is 6.04 Å². The van der Waals surface area contributed by atoms with Crippen LogP contribution < -0.4 is 5.32 Å². The molecule has 0 saturated carbocycles. The Morgan fingerprint density at radius 2 is 1.91 bits per heavy atom. The minimum Gasteiger partial charge on any atom is -0.508 e. The van der Waals surface area contributed by atoms with Crippen molar-refractivity contribution < 1.29 is 23.8 Å². The number of ether oxygens (including phenoxy) is 1. The lowest BCUT2D eigenvalue weighted by Crippen LogP contribution is -2.35. The van der Waals surface area contributed by atoms with Crippen LogP contribution in [0, 0.1) is 5.82 Å². The molecule has 0 unspecified atom stereocenters. The zero-order valence-electron chi connectivity index (χ0n) is 11.6. The highest BCUT2D eigenvalue weighted by Crippen LogP contribution is 2.18. The van der Waals surface area contributed by atoms with E-state index in [1.54, 1.807) is 0 Å².